The highest BCUT2D eigenvalue weighted by atomic mass is 19.4. The van der Waals surface area contributed by atoms with Gasteiger partial charge in [0, 0.05) is 5.56 Å². The molecule has 1 nitrogen and oxygen atoms in total. The van der Waals surface area contributed by atoms with Gasteiger partial charge in [-0.15, -0.1) is 0 Å². The van der Waals surface area contributed by atoms with Crippen LogP contribution in [0.2, 0.25) is 0 Å². The lowest BCUT2D eigenvalue weighted by molar-refractivity contribution is -0.141. The molecule has 1 heterocycles. The Hall–Kier alpha value is -2.69. The van der Waals surface area contributed by atoms with Gasteiger partial charge < -0.3 is 0 Å². The lowest BCUT2D eigenvalue weighted by Crippen LogP contribution is -2.09. The zero-order valence-electron chi connectivity index (χ0n) is 11.8. The molecule has 0 amide bonds. The number of pyridine rings is 1. The van der Waals surface area contributed by atoms with Crippen molar-refractivity contribution in [2.24, 2.45) is 0 Å². The fourth-order valence-corrected chi connectivity index (χ4v) is 2.24. The van der Waals surface area contributed by atoms with E-state index in [1.165, 1.54) is 24.3 Å². The van der Waals surface area contributed by atoms with Gasteiger partial charge in [0.05, 0.1) is 5.69 Å². The molecule has 0 radical (unpaired) electrons. The number of aromatic nitrogens is 1. The van der Waals surface area contributed by atoms with E-state index in [1.807, 2.05) is 0 Å². The molecule has 116 valence electrons. The molecule has 0 aliphatic carbocycles. The molecule has 5 heteroatoms. The van der Waals surface area contributed by atoms with Gasteiger partial charge in [-0.25, -0.2) is 9.37 Å². The second kappa shape index (κ2) is 5.83. The Labute approximate surface area is 130 Å². The summed E-state index contributed by atoms with van der Waals surface area (Å²) in [6.45, 7) is 0. The van der Waals surface area contributed by atoms with Crippen LogP contribution < -0.4 is 0 Å². The highest BCUT2D eigenvalue weighted by Gasteiger charge is 2.33. The summed E-state index contributed by atoms with van der Waals surface area (Å²) in [6, 6.07) is 16.5. The van der Waals surface area contributed by atoms with E-state index in [0.29, 0.717) is 16.7 Å². The summed E-state index contributed by atoms with van der Waals surface area (Å²) in [6.07, 6.45) is -4.56. The molecule has 3 rings (SSSR count). The van der Waals surface area contributed by atoms with E-state index >= 15 is 0 Å². The van der Waals surface area contributed by atoms with Crippen LogP contribution in [0.5, 0.6) is 0 Å². The summed E-state index contributed by atoms with van der Waals surface area (Å²) in [4.78, 5) is 3.72. The molecule has 1 aromatic heterocycles. The molecular weight excluding hydrogens is 306 g/mol. The highest BCUT2D eigenvalue weighted by molar-refractivity contribution is 5.71. The average Bonchev–Trinajstić information content (AvgIpc) is 2.55. The standard InChI is InChI=1S/C18H11F4N/c19-15-8-6-12(7-9-15)14-10-16(13-4-2-1-3-5-13)23-17(11-14)18(20,21)22/h1-11H. The van der Waals surface area contributed by atoms with Crippen LogP contribution in [-0.2, 0) is 6.18 Å². The van der Waals surface area contributed by atoms with Gasteiger partial charge in [-0.1, -0.05) is 42.5 Å². The maximum Gasteiger partial charge on any atom is 0.433 e. The van der Waals surface area contributed by atoms with Crippen molar-refractivity contribution in [3.8, 4) is 22.4 Å². The van der Waals surface area contributed by atoms with E-state index in [9.17, 15) is 17.6 Å². The molecule has 0 bridgehead atoms. The second-order valence-corrected chi connectivity index (χ2v) is 5.00. The first-order valence-corrected chi connectivity index (χ1v) is 6.84. The number of benzene rings is 2. The zero-order chi connectivity index (χ0) is 16.4. The molecule has 0 spiro atoms. The molecule has 0 unspecified atom stereocenters. The fourth-order valence-electron chi connectivity index (χ4n) is 2.24. The van der Waals surface area contributed by atoms with E-state index in [1.54, 1.807) is 36.4 Å². The van der Waals surface area contributed by atoms with Crippen molar-refractivity contribution in [3.63, 3.8) is 0 Å². The van der Waals surface area contributed by atoms with Gasteiger partial charge in [-0.2, -0.15) is 13.2 Å². The molecule has 0 atom stereocenters. The van der Waals surface area contributed by atoms with Crippen LogP contribution >= 0.6 is 0 Å². The smallest absolute Gasteiger partial charge is 0.243 e. The average molecular weight is 317 g/mol. The quantitative estimate of drug-likeness (QED) is 0.563. The predicted octanol–water partition coefficient (Wildman–Crippen LogP) is 5.57. The number of halogens is 4. The van der Waals surface area contributed by atoms with Gasteiger partial charge in [0.1, 0.15) is 11.5 Å². The number of hydrogen-bond acceptors (Lipinski definition) is 1. The van der Waals surface area contributed by atoms with Crippen molar-refractivity contribution in [1.82, 2.24) is 4.98 Å². The number of alkyl halides is 3. The first-order chi connectivity index (χ1) is 10.9. The van der Waals surface area contributed by atoms with Gasteiger partial charge in [0.2, 0.25) is 0 Å². The van der Waals surface area contributed by atoms with E-state index in [-0.39, 0.29) is 5.69 Å². The fraction of sp³-hybridized carbons (Fsp3) is 0.0556. The van der Waals surface area contributed by atoms with Crippen molar-refractivity contribution in [1.29, 1.82) is 0 Å². The Bertz CT molecular complexity index is 809. The SMILES string of the molecule is Fc1ccc(-c2cc(-c3ccccc3)nc(C(F)(F)F)c2)cc1. The Morgan fingerprint density at radius 3 is 1.96 bits per heavy atom. The van der Waals surface area contributed by atoms with E-state index in [0.717, 1.165) is 6.07 Å². The minimum atomic E-state index is -4.56. The lowest BCUT2D eigenvalue weighted by Gasteiger charge is -2.12. The Morgan fingerprint density at radius 2 is 1.35 bits per heavy atom. The van der Waals surface area contributed by atoms with Crippen molar-refractivity contribution in [3.05, 3.63) is 78.2 Å². The predicted molar refractivity (Wildman–Crippen MR) is 80.1 cm³/mol. The Morgan fingerprint density at radius 1 is 0.696 bits per heavy atom. The van der Waals surface area contributed by atoms with E-state index in [4.69, 9.17) is 0 Å². The van der Waals surface area contributed by atoms with Gasteiger partial charge in [-0.05, 0) is 35.4 Å². The van der Waals surface area contributed by atoms with Crippen LogP contribution in [0.1, 0.15) is 5.69 Å². The van der Waals surface area contributed by atoms with Gasteiger partial charge in [0.15, 0.2) is 0 Å². The van der Waals surface area contributed by atoms with Gasteiger partial charge in [0.25, 0.3) is 0 Å². The number of rotatable bonds is 2. The Balaban J connectivity index is 2.18. The maximum atomic E-state index is 13.1. The van der Waals surface area contributed by atoms with Crippen LogP contribution in [0.15, 0.2) is 66.7 Å². The summed E-state index contributed by atoms with van der Waals surface area (Å²) >= 11 is 0. The number of nitrogens with zero attached hydrogens (tertiary/aromatic N) is 1. The van der Waals surface area contributed by atoms with Gasteiger partial charge in [-0.3, -0.25) is 0 Å². The summed E-state index contributed by atoms with van der Waals surface area (Å²) in [5, 5.41) is 0. The van der Waals surface area contributed by atoms with Crippen molar-refractivity contribution in [2.75, 3.05) is 0 Å². The second-order valence-electron chi connectivity index (χ2n) is 5.00. The van der Waals surface area contributed by atoms with Crippen LogP contribution in [0.4, 0.5) is 17.6 Å². The number of hydrogen-bond donors (Lipinski definition) is 0. The van der Waals surface area contributed by atoms with Crippen molar-refractivity contribution < 1.29 is 17.6 Å². The van der Waals surface area contributed by atoms with Crippen LogP contribution in [0.25, 0.3) is 22.4 Å². The van der Waals surface area contributed by atoms with E-state index < -0.39 is 17.7 Å². The van der Waals surface area contributed by atoms with E-state index in [2.05, 4.69) is 4.98 Å². The largest absolute Gasteiger partial charge is 0.433 e. The van der Waals surface area contributed by atoms with Crippen molar-refractivity contribution in [2.45, 2.75) is 6.18 Å². The third-order valence-electron chi connectivity index (χ3n) is 3.36. The molecule has 23 heavy (non-hydrogen) atoms. The molecule has 0 N–H and O–H groups in total. The molecule has 3 aromatic rings. The normalized spacial score (nSPS) is 11.5. The molecule has 0 saturated heterocycles. The first-order valence-electron chi connectivity index (χ1n) is 6.84. The summed E-state index contributed by atoms with van der Waals surface area (Å²) in [5.41, 5.74) is 0.669. The minimum absolute atomic E-state index is 0.222. The molecule has 0 fully saturated rings. The van der Waals surface area contributed by atoms with Crippen molar-refractivity contribution >= 4 is 0 Å². The van der Waals surface area contributed by atoms with Crippen LogP contribution in [0.3, 0.4) is 0 Å². The summed E-state index contributed by atoms with van der Waals surface area (Å²) in [5.74, 6) is -0.442. The third kappa shape index (κ3) is 3.39. The summed E-state index contributed by atoms with van der Waals surface area (Å²) in [7, 11) is 0. The third-order valence-corrected chi connectivity index (χ3v) is 3.36. The lowest BCUT2D eigenvalue weighted by atomic mass is 10.0. The molecule has 2 aromatic carbocycles. The Kier molecular flexibility index (Phi) is 3.86. The molecule has 0 saturated carbocycles. The highest BCUT2D eigenvalue weighted by Crippen LogP contribution is 2.33. The monoisotopic (exact) mass is 317 g/mol. The van der Waals surface area contributed by atoms with Crippen LogP contribution in [-0.4, -0.2) is 4.98 Å². The molecule has 0 aliphatic heterocycles. The topological polar surface area (TPSA) is 12.9 Å². The zero-order valence-corrected chi connectivity index (χ0v) is 11.8. The summed E-state index contributed by atoms with van der Waals surface area (Å²) < 4.78 is 52.4. The van der Waals surface area contributed by atoms with Gasteiger partial charge >= 0.3 is 6.18 Å². The molecule has 0 aliphatic rings. The van der Waals surface area contributed by atoms with Crippen LogP contribution in [0, 0.1) is 5.82 Å². The molecular formula is C18H11F4N. The minimum Gasteiger partial charge on any atom is -0.243 e. The first kappa shape index (κ1) is 15.2. The maximum absolute atomic E-state index is 13.1.